The van der Waals surface area contributed by atoms with Gasteiger partial charge in [0.2, 0.25) is 0 Å². The second kappa shape index (κ2) is 5.95. The van der Waals surface area contributed by atoms with Gasteiger partial charge in [0.15, 0.2) is 5.03 Å². The van der Waals surface area contributed by atoms with E-state index in [0.29, 0.717) is 12.1 Å². The molecule has 1 aromatic heterocycles. The van der Waals surface area contributed by atoms with Gasteiger partial charge in [-0.3, -0.25) is 5.10 Å². The second-order valence-electron chi connectivity index (χ2n) is 4.61. The largest absolute Gasteiger partial charge is 0.266 e. The Balaban J connectivity index is 2.26. The zero-order valence-corrected chi connectivity index (χ0v) is 12.9. The zero-order chi connectivity index (χ0) is 14.8. The third kappa shape index (κ3) is 3.03. The maximum Gasteiger partial charge on any atom is 0.260 e. The SMILES string of the molecule is Cc1cccc(CN(C)S(=O)(=O)c2[nH]ncc2CCl)c1. The third-order valence-corrected chi connectivity index (χ3v) is 5.09. The van der Waals surface area contributed by atoms with Gasteiger partial charge >= 0.3 is 0 Å². The number of benzene rings is 1. The molecule has 0 aliphatic carbocycles. The van der Waals surface area contributed by atoms with Gasteiger partial charge in [0.25, 0.3) is 10.0 Å². The number of nitrogens with one attached hydrogen (secondary N) is 1. The van der Waals surface area contributed by atoms with Crippen LogP contribution in [0.5, 0.6) is 0 Å². The van der Waals surface area contributed by atoms with Crippen LogP contribution in [0.2, 0.25) is 0 Å². The average molecular weight is 314 g/mol. The molecule has 2 aromatic rings. The number of alkyl halides is 1. The lowest BCUT2D eigenvalue weighted by molar-refractivity contribution is 0.463. The summed E-state index contributed by atoms with van der Waals surface area (Å²) < 4.78 is 26.2. The summed E-state index contributed by atoms with van der Waals surface area (Å²) in [5, 5.41) is 6.32. The number of rotatable bonds is 5. The van der Waals surface area contributed by atoms with Crippen molar-refractivity contribution in [2.75, 3.05) is 7.05 Å². The molecule has 0 fully saturated rings. The first-order valence-electron chi connectivity index (χ1n) is 6.05. The fourth-order valence-corrected chi connectivity index (χ4v) is 3.46. The molecule has 7 heteroatoms. The first kappa shape index (κ1) is 15.0. The van der Waals surface area contributed by atoms with Crippen molar-refractivity contribution in [3.8, 4) is 0 Å². The van der Waals surface area contributed by atoms with Gasteiger partial charge in [-0.05, 0) is 12.5 Å². The molecule has 0 aliphatic rings. The minimum absolute atomic E-state index is 0.0580. The van der Waals surface area contributed by atoms with E-state index in [2.05, 4.69) is 10.2 Å². The summed E-state index contributed by atoms with van der Waals surface area (Å²) in [4.78, 5) is 0. The maximum atomic E-state index is 12.5. The molecular weight excluding hydrogens is 298 g/mol. The second-order valence-corrected chi connectivity index (χ2v) is 6.86. The molecule has 0 unspecified atom stereocenters. The van der Waals surface area contributed by atoms with Gasteiger partial charge in [-0.25, -0.2) is 8.42 Å². The van der Waals surface area contributed by atoms with E-state index in [1.54, 1.807) is 0 Å². The van der Waals surface area contributed by atoms with Gasteiger partial charge in [-0.2, -0.15) is 9.40 Å². The van der Waals surface area contributed by atoms with Gasteiger partial charge in [0.1, 0.15) is 0 Å². The van der Waals surface area contributed by atoms with E-state index < -0.39 is 10.0 Å². The first-order chi connectivity index (χ1) is 9.45. The number of aromatic nitrogens is 2. The van der Waals surface area contributed by atoms with Crippen molar-refractivity contribution in [1.82, 2.24) is 14.5 Å². The molecule has 0 saturated heterocycles. The Morgan fingerprint density at radius 2 is 2.15 bits per heavy atom. The fraction of sp³-hybridized carbons (Fsp3) is 0.308. The third-order valence-electron chi connectivity index (χ3n) is 2.98. The van der Waals surface area contributed by atoms with Crippen molar-refractivity contribution in [1.29, 1.82) is 0 Å². The molecular formula is C13H16ClN3O2S. The van der Waals surface area contributed by atoms with Crippen LogP contribution in [0.25, 0.3) is 0 Å². The lowest BCUT2D eigenvalue weighted by Crippen LogP contribution is -2.27. The highest BCUT2D eigenvalue weighted by Crippen LogP contribution is 2.19. The minimum Gasteiger partial charge on any atom is -0.266 e. The predicted molar refractivity (Wildman–Crippen MR) is 78.0 cm³/mol. The van der Waals surface area contributed by atoms with Crippen LogP contribution >= 0.6 is 11.6 Å². The molecule has 2 rings (SSSR count). The van der Waals surface area contributed by atoms with E-state index in [1.165, 1.54) is 17.5 Å². The molecule has 1 heterocycles. The topological polar surface area (TPSA) is 66.1 Å². The van der Waals surface area contributed by atoms with Crippen molar-refractivity contribution in [3.05, 3.63) is 47.2 Å². The lowest BCUT2D eigenvalue weighted by atomic mass is 10.1. The van der Waals surface area contributed by atoms with Crippen molar-refractivity contribution in [2.45, 2.75) is 24.4 Å². The van der Waals surface area contributed by atoms with Gasteiger partial charge in [-0.1, -0.05) is 29.8 Å². The molecule has 0 aliphatic heterocycles. The van der Waals surface area contributed by atoms with Crippen molar-refractivity contribution >= 4 is 21.6 Å². The number of hydrogen-bond donors (Lipinski definition) is 1. The lowest BCUT2D eigenvalue weighted by Gasteiger charge is -2.17. The smallest absolute Gasteiger partial charge is 0.260 e. The van der Waals surface area contributed by atoms with E-state index in [4.69, 9.17) is 11.6 Å². The molecule has 0 spiro atoms. The van der Waals surface area contributed by atoms with Crippen LogP contribution in [0.3, 0.4) is 0 Å². The predicted octanol–water partition coefficient (Wildman–Crippen LogP) is 2.28. The highest BCUT2D eigenvalue weighted by Gasteiger charge is 2.25. The highest BCUT2D eigenvalue weighted by atomic mass is 35.5. The number of halogens is 1. The minimum atomic E-state index is -3.62. The summed E-state index contributed by atoms with van der Waals surface area (Å²) in [5.74, 6) is 0.101. The van der Waals surface area contributed by atoms with Gasteiger partial charge < -0.3 is 0 Å². The van der Waals surface area contributed by atoms with Crippen LogP contribution < -0.4 is 0 Å². The molecule has 1 aromatic carbocycles. The van der Waals surface area contributed by atoms with Gasteiger partial charge in [0.05, 0.1) is 12.1 Å². The molecule has 0 amide bonds. The Labute approximate surface area is 123 Å². The van der Waals surface area contributed by atoms with Crippen LogP contribution in [0.1, 0.15) is 16.7 Å². The number of H-pyrrole nitrogens is 1. The van der Waals surface area contributed by atoms with Crippen LogP contribution in [0.4, 0.5) is 0 Å². The standard InChI is InChI=1S/C13H16ClN3O2S/c1-10-4-3-5-11(6-10)9-17(2)20(18,19)13-12(7-14)8-15-16-13/h3-6,8H,7,9H2,1-2H3,(H,15,16). The Hall–Kier alpha value is -1.37. The average Bonchev–Trinajstić information content (AvgIpc) is 2.87. The Kier molecular flexibility index (Phi) is 4.47. The first-order valence-corrected chi connectivity index (χ1v) is 8.02. The van der Waals surface area contributed by atoms with E-state index >= 15 is 0 Å². The number of nitrogens with zero attached hydrogens (tertiary/aromatic N) is 2. The zero-order valence-electron chi connectivity index (χ0n) is 11.3. The Morgan fingerprint density at radius 1 is 1.40 bits per heavy atom. The summed E-state index contributed by atoms with van der Waals surface area (Å²) in [6, 6.07) is 7.74. The van der Waals surface area contributed by atoms with Crippen LogP contribution in [-0.2, 0) is 22.4 Å². The van der Waals surface area contributed by atoms with E-state index in [0.717, 1.165) is 11.1 Å². The van der Waals surface area contributed by atoms with E-state index in [1.807, 2.05) is 31.2 Å². The van der Waals surface area contributed by atoms with Crippen LogP contribution in [0.15, 0.2) is 35.5 Å². The van der Waals surface area contributed by atoms with E-state index in [9.17, 15) is 8.42 Å². The molecule has 0 atom stereocenters. The Morgan fingerprint density at radius 3 is 2.80 bits per heavy atom. The molecule has 20 heavy (non-hydrogen) atoms. The molecule has 0 bridgehead atoms. The highest BCUT2D eigenvalue weighted by molar-refractivity contribution is 7.89. The monoisotopic (exact) mass is 313 g/mol. The Bertz CT molecular complexity index is 697. The summed E-state index contributed by atoms with van der Waals surface area (Å²) in [6.07, 6.45) is 1.43. The number of aryl methyl sites for hydroxylation is 1. The summed E-state index contributed by atoms with van der Waals surface area (Å²) in [5.41, 5.74) is 2.50. The molecule has 5 nitrogen and oxygen atoms in total. The maximum absolute atomic E-state index is 12.5. The normalized spacial score (nSPS) is 12.0. The summed E-state index contributed by atoms with van der Waals surface area (Å²) in [6.45, 7) is 2.27. The molecule has 0 saturated carbocycles. The molecule has 1 N–H and O–H groups in total. The van der Waals surface area contributed by atoms with Crippen molar-refractivity contribution in [3.63, 3.8) is 0 Å². The van der Waals surface area contributed by atoms with Crippen molar-refractivity contribution < 1.29 is 8.42 Å². The van der Waals surface area contributed by atoms with Crippen molar-refractivity contribution in [2.24, 2.45) is 0 Å². The molecule has 0 radical (unpaired) electrons. The van der Waals surface area contributed by atoms with Gasteiger partial charge in [0, 0.05) is 19.2 Å². The quantitative estimate of drug-likeness (QED) is 0.861. The van der Waals surface area contributed by atoms with Gasteiger partial charge in [-0.15, -0.1) is 11.6 Å². The number of aromatic amines is 1. The summed E-state index contributed by atoms with van der Waals surface area (Å²) >= 11 is 5.72. The molecule has 108 valence electrons. The van der Waals surface area contributed by atoms with Crippen LogP contribution in [-0.4, -0.2) is 30.0 Å². The number of sulfonamides is 1. The fourth-order valence-electron chi connectivity index (χ4n) is 1.93. The summed E-state index contributed by atoms with van der Waals surface area (Å²) in [7, 11) is -2.08. The van der Waals surface area contributed by atoms with E-state index in [-0.39, 0.29) is 10.9 Å². The number of hydrogen-bond acceptors (Lipinski definition) is 3. The van der Waals surface area contributed by atoms with Crippen LogP contribution in [0, 0.1) is 6.92 Å².